The van der Waals surface area contributed by atoms with Crippen LogP contribution in [0.5, 0.6) is 0 Å². The number of benzene rings is 1. The number of anilines is 1. The van der Waals surface area contributed by atoms with E-state index in [-0.39, 0.29) is 22.9 Å². The summed E-state index contributed by atoms with van der Waals surface area (Å²) in [7, 11) is 0. The Morgan fingerprint density at radius 1 is 1.14 bits per heavy atom. The molecule has 0 bridgehead atoms. The normalized spacial score (nSPS) is 12.2. The van der Waals surface area contributed by atoms with Gasteiger partial charge >= 0.3 is 6.18 Å². The highest BCUT2D eigenvalue weighted by Crippen LogP contribution is 2.32. The number of rotatable bonds is 4. The first-order valence-electron chi connectivity index (χ1n) is 7.83. The van der Waals surface area contributed by atoms with E-state index in [9.17, 15) is 18.0 Å². The van der Waals surface area contributed by atoms with Crippen molar-refractivity contribution in [1.82, 2.24) is 24.7 Å². The van der Waals surface area contributed by atoms with E-state index in [0.717, 1.165) is 12.1 Å². The summed E-state index contributed by atoms with van der Waals surface area (Å²) in [5.41, 5.74) is 10.9. The average molecular weight is 389 g/mol. The number of nitrogen functional groups attached to an aromatic ring is 1. The molecule has 0 spiro atoms. The Morgan fingerprint density at radius 2 is 1.82 bits per heavy atom. The van der Waals surface area contributed by atoms with Gasteiger partial charge < -0.3 is 11.5 Å². The van der Waals surface area contributed by atoms with Gasteiger partial charge in [0.05, 0.1) is 11.1 Å². The maximum Gasteiger partial charge on any atom is 0.416 e. The zero-order valence-electron chi connectivity index (χ0n) is 14.5. The lowest BCUT2D eigenvalue weighted by Gasteiger charge is -2.09. The molecule has 2 heterocycles. The van der Waals surface area contributed by atoms with Gasteiger partial charge in [-0.1, -0.05) is 0 Å². The zero-order chi connectivity index (χ0) is 20.5. The van der Waals surface area contributed by atoms with Crippen molar-refractivity contribution in [1.29, 1.82) is 0 Å². The van der Waals surface area contributed by atoms with Gasteiger partial charge in [0.15, 0.2) is 5.82 Å². The second-order valence-electron chi connectivity index (χ2n) is 5.87. The molecule has 3 aromatic rings. The summed E-state index contributed by atoms with van der Waals surface area (Å²) in [6.45, 7) is 1.54. The number of carbonyl (C=O) groups is 1. The van der Waals surface area contributed by atoms with Crippen molar-refractivity contribution in [3.05, 3.63) is 53.6 Å². The highest BCUT2D eigenvalue weighted by Gasteiger charge is 2.31. The standard InChI is InChI=1S/C17H14F3N7O/c1-9-2-10(4-12(3-9)17(18,19)20)15-25-8-27(26-15)7-13(14(21)28)11-5-23-16(22)24-6-11/h2-8H,1H3,(H2,21,28)(H2,22,23,24)/b13-7-. The number of primary amides is 1. The fourth-order valence-corrected chi connectivity index (χ4v) is 2.43. The number of nitrogens with two attached hydrogens (primary N) is 2. The minimum absolute atomic E-state index is 0.0236. The number of amides is 1. The zero-order valence-corrected chi connectivity index (χ0v) is 14.5. The second-order valence-corrected chi connectivity index (χ2v) is 5.87. The number of carbonyl (C=O) groups excluding carboxylic acids is 1. The number of hydrogen-bond donors (Lipinski definition) is 2. The predicted octanol–water partition coefficient (Wildman–Crippen LogP) is 2.13. The first-order valence-corrected chi connectivity index (χ1v) is 7.83. The molecule has 0 saturated carbocycles. The van der Waals surface area contributed by atoms with E-state index in [2.05, 4.69) is 20.1 Å². The lowest BCUT2D eigenvalue weighted by atomic mass is 10.1. The van der Waals surface area contributed by atoms with Gasteiger partial charge in [-0.2, -0.15) is 13.2 Å². The van der Waals surface area contributed by atoms with Crippen LogP contribution in [0.3, 0.4) is 0 Å². The van der Waals surface area contributed by atoms with Crippen LogP contribution in [-0.4, -0.2) is 30.6 Å². The van der Waals surface area contributed by atoms with Gasteiger partial charge in [-0.15, -0.1) is 5.10 Å². The third-order valence-corrected chi connectivity index (χ3v) is 3.68. The molecule has 0 saturated heterocycles. The predicted molar refractivity (Wildman–Crippen MR) is 95.0 cm³/mol. The summed E-state index contributed by atoms with van der Waals surface area (Å²) in [5.74, 6) is -0.696. The van der Waals surface area contributed by atoms with E-state index >= 15 is 0 Å². The number of aromatic nitrogens is 5. The van der Waals surface area contributed by atoms with Crippen LogP contribution >= 0.6 is 0 Å². The van der Waals surface area contributed by atoms with Gasteiger partial charge in [-0.3, -0.25) is 4.79 Å². The largest absolute Gasteiger partial charge is 0.416 e. The Balaban J connectivity index is 1.99. The highest BCUT2D eigenvalue weighted by atomic mass is 19.4. The SMILES string of the molecule is Cc1cc(-c2ncn(/C=C(\C(N)=O)c3cnc(N)nc3)n2)cc(C(F)(F)F)c1. The minimum Gasteiger partial charge on any atom is -0.368 e. The van der Waals surface area contributed by atoms with E-state index < -0.39 is 17.6 Å². The van der Waals surface area contributed by atoms with E-state index in [0.29, 0.717) is 11.1 Å². The van der Waals surface area contributed by atoms with Gasteiger partial charge in [0.1, 0.15) is 6.33 Å². The van der Waals surface area contributed by atoms with Crippen LogP contribution in [0.1, 0.15) is 16.7 Å². The molecule has 28 heavy (non-hydrogen) atoms. The van der Waals surface area contributed by atoms with Crippen molar-refractivity contribution in [2.45, 2.75) is 13.1 Å². The molecule has 144 valence electrons. The molecule has 1 aromatic carbocycles. The highest BCUT2D eigenvalue weighted by molar-refractivity contribution is 6.22. The van der Waals surface area contributed by atoms with Crippen molar-refractivity contribution in [3.63, 3.8) is 0 Å². The molecule has 0 fully saturated rings. The monoisotopic (exact) mass is 389 g/mol. The van der Waals surface area contributed by atoms with Gasteiger partial charge in [0, 0.05) is 29.7 Å². The summed E-state index contributed by atoms with van der Waals surface area (Å²) in [6, 6.07) is 3.52. The summed E-state index contributed by atoms with van der Waals surface area (Å²) in [6.07, 6.45) is 0.650. The summed E-state index contributed by atoms with van der Waals surface area (Å²) in [5, 5.41) is 4.10. The molecular weight excluding hydrogens is 375 g/mol. The molecule has 0 radical (unpaired) electrons. The Morgan fingerprint density at radius 3 is 2.43 bits per heavy atom. The quantitative estimate of drug-likeness (QED) is 0.659. The maximum atomic E-state index is 13.0. The Bertz CT molecular complexity index is 1060. The van der Waals surface area contributed by atoms with E-state index in [4.69, 9.17) is 11.5 Å². The Hall–Kier alpha value is -3.76. The molecule has 0 aliphatic carbocycles. The molecule has 4 N–H and O–H groups in total. The van der Waals surface area contributed by atoms with Crippen molar-refractivity contribution in [3.8, 4) is 11.4 Å². The number of hydrogen-bond acceptors (Lipinski definition) is 6. The smallest absolute Gasteiger partial charge is 0.368 e. The van der Waals surface area contributed by atoms with Crippen LogP contribution in [-0.2, 0) is 11.0 Å². The summed E-state index contributed by atoms with van der Waals surface area (Å²) in [4.78, 5) is 23.3. The summed E-state index contributed by atoms with van der Waals surface area (Å²) >= 11 is 0. The third-order valence-electron chi connectivity index (χ3n) is 3.68. The van der Waals surface area contributed by atoms with Gasteiger partial charge in [-0.05, 0) is 30.7 Å². The fourth-order valence-electron chi connectivity index (χ4n) is 2.43. The molecule has 0 aliphatic heterocycles. The number of halogens is 3. The fraction of sp³-hybridized carbons (Fsp3) is 0.118. The van der Waals surface area contributed by atoms with Gasteiger partial charge in [0.2, 0.25) is 5.95 Å². The first kappa shape index (κ1) is 19.0. The molecule has 8 nitrogen and oxygen atoms in total. The molecule has 3 rings (SSSR count). The van der Waals surface area contributed by atoms with Crippen LogP contribution < -0.4 is 11.5 Å². The molecule has 11 heteroatoms. The van der Waals surface area contributed by atoms with Crippen molar-refractivity contribution in [2.24, 2.45) is 5.73 Å². The van der Waals surface area contributed by atoms with Crippen molar-refractivity contribution in [2.75, 3.05) is 5.73 Å². The average Bonchev–Trinajstić information content (AvgIpc) is 3.08. The number of alkyl halides is 3. The van der Waals surface area contributed by atoms with Crippen LogP contribution in [0.25, 0.3) is 23.2 Å². The number of aryl methyl sites for hydroxylation is 1. The lowest BCUT2D eigenvalue weighted by molar-refractivity contribution is -0.137. The van der Waals surface area contributed by atoms with Crippen LogP contribution in [0.2, 0.25) is 0 Å². The minimum atomic E-state index is -4.49. The van der Waals surface area contributed by atoms with E-state index in [1.165, 1.54) is 35.7 Å². The molecule has 2 aromatic heterocycles. The Kier molecular flexibility index (Phi) is 4.82. The molecule has 1 amide bonds. The lowest BCUT2D eigenvalue weighted by Crippen LogP contribution is -2.14. The third kappa shape index (κ3) is 4.14. The van der Waals surface area contributed by atoms with E-state index in [1.54, 1.807) is 6.92 Å². The van der Waals surface area contributed by atoms with Crippen molar-refractivity contribution >= 4 is 23.6 Å². The molecular formula is C17H14F3N7O. The van der Waals surface area contributed by atoms with Crippen LogP contribution in [0, 0.1) is 6.92 Å². The van der Waals surface area contributed by atoms with Crippen molar-refractivity contribution < 1.29 is 18.0 Å². The summed E-state index contributed by atoms with van der Waals surface area (Å²) < 4.78 is 40.2. The van der Waals surface area contributed by atoms with Gasteiger partial charge in [-0.25, -0.2) is 19.6 Å². The molecule has 0 unspecified atom stereocenters. The number of nitrogens with zero attached hydrogens (tertiary/aromatic N) is 5. The first-order chi connectivity index (χ1) is 13.1. The Labute approximate surface area is 156 Å². The van der Waals surface area contributed by atoms with Crippen LogP contribution in [0.4, 0.5) is 19.1 Å². The van der Waals surface area contributed by atoms with Gasteiger partial charge in [0.25, 0.3) is 5.91 Å². The van der Waals surface area contributed by atoms with E-state index in [1.807, 2.05) is 0 Å². The maximum absolute atomic E-state index is 13.0. The topological polar surface area (TPSA) is 126 Å². The van der Waals surface area contributed by atoms with Crippen LogP contribution in [0.15, 0.2) is 36.9 Å². The molecule has 0 atom stereocenters. The second kappa shape index (κ2) is 7.10. The molecule has 0 aliphatic rings.